The van der Waals surface area contributed by atoms with E-state index < -0.39 is 28.5 Å². The summed E-state index contributed by atoms with van der Waals surface area (Å²) in [4.78, 5) is 24.8. The summed E-state index contributed by atoms with van der Waals surface area (Å²) in [5.74, 6) is -1.40. The van der Waals surface area contributed by atoms with Crippen molar-refractivity contribution in [1.29, 1.82) is 5.26 Å². The second-order valence-corrected chi connectivity index (χ2v) is 9.33. The molecule has 1 saturated carbocycles. The van der Waals surface area contributed by atoms with Crippen LogP contribution in [0.25, 0.3) is 5.69 Å². The van der Waals surface area contributed by atoms with E-state index in [1.54, 1.807) is 24.3 Å². The highest BCUT2D eigenvalue weighted by molar-refractivity contribution is 7.89. The highest BCUT2D eigenvalue weighted by atomic mass is 32.2. The molecule has 1 amide bonds. The number of nitriles is 1. The van der Waals surface area contributed by atoms with Gasteiger partial charge in [-0.2, -0.15) is 10.4 Å². The van der Waals surface area contributed by atoms with Crippen molar-refractivity contribution >= 4 is 27.7 Å². The molecule has 1 aromatic heterocycles. The van der Waals surface area contributed by atoms with Crippen LogP contribution in [-0.2, 0) is 19.6 Å². The monoisotopic (exact) mass is 495 g/mol. The molecule has 0 atom stereocenters. The van der Waals surface area contributed by atoms with Crippen molar-refractivity contribution in [3.05, 3.63) is 65.9 Å². The van der Waals surface area contributed by atoms with Crippen LogP contribution in [0.5, 0.6) is 5.75 Å². The van der Waals surface area contributed by atoms with Gasteiger partial charge < -0.3 is 14.8 Å². The molecule has 1 aliphatic carbocycles. The molecule has 180 valence electrons. The van der Waals surface area contributed by atoms with Gasteiger partial charge in [0.05, 0.1) is 24.6 Å². The molecule has 1 aliphatic rings. The second-order valence-electron chi connectivity index (χ2n) is 7.65. The van der Waals surface area contributed by atoms with Crippen molar-refractivity contribution in [3.8, 4) is 17.5 Å². The molecule has 35 heavy (non-hydrogen) atoms. The van der Waals surface area contributed by atoms with Gasteiger partial charge in [-0.3, -0.25) is 4.79 Å². The van der Waals surface area contributed by atoms with E-state index in [1.807, 2.05) is 12.1 Å². The summed E-state index contributed by atoms with van der Waals surface area (Å²) in [5.41, 5.74) is 0.677. The number of amides is 1. The molecule has 0 unspecified atom stereocenters. The molecule has 0 bridgehead atoms. The Morgan fingerprint density at radius 1 is 1.20 bits per heavy atom. The third kappa shape index (κ3) is 5.48. The maximum atomic E-state index is 12.6. The molecule has 11 nitrogen and oxygen atoms in total. The minimum Gasteiger partial charge on any atom is -0.495 e. The topological polar surface area (TPSA) is 152 Å². The molecule has 2 N–H and O–H groups in total. The Kier molecular flexibility index (Phi) is 6.81. The van der Waals surface area contributed by atoms with Crippen molar-refractivity contribution in [2.45, 2.75) is 23.8 Å². The largest absolute Gasteiger partial charge is 0.495 e. The molecule has 4 rings (SSSR count). The van der Waals surface area contributed by atoms with Gasteiger partial charge in [-0.1, -0.05) is 18.2 Å². The summed E-state index contributed by atoms with van der Waals surface area (Å²) in [5, 5.41) is 16.0. The number of methoxy groups -OCH3 is 1. The molecular formula is C23H21N5O6S. The lowest BCUT2D eigenvalue weighted by atomic mass is 10.2. The van der Waals surface area contributed by atoms with Gasteiger partial charge in [0.1, 0.15) is 22.3 Å². The first-order valence-corrected chi connectivity index (χ1v) is 12.0. The Labute approximate surface area is 201 Å². The average molecular weight is 496 g/mol. The van der Waals surface area contributed by atoms with E-state index in [4.69, 9.17) is 9.47 Å². The number of ether oxygens (including phenoxy) is 2. The fraction of sp³-hybridized carbons (Fsp3) is 0.217. The SMILES string of the molecule is COc1ccc(C(=O)OCC(=O)Nc2c(C#N)cnn2-c2ccccc2)cc1S(=O)(=O)NC1CC1. The number of carbonyl (C=O) groups is 2. The minimum absolute atomic E-state index is 0.0678. The normalized spacial score (nSPS) is 13.0. The van der Waals surface area contributed by atoms with Gasteiger partial charge in [0.15, 0.2) is 12.4 Å². The lowest BCUT2D eigenvalue weighted by Crippen LogP contribution is -2.26. The zero-order chi connectivity index (χ0) is 25.0. The van der Waals surface area contributed by atoms with Gasteiger partial charge in [0.2, 0.25) is 10.0 Å². The number of para-hydroxylation sites is 1. The molecule has 0 saturated heterocycles. The first-order valence-electron chi connectivity index (χ1n) is 10.5. The minimum atomic E-state index is -3.90. The first kappa shape index (κ1) is 23.9. The summed E-state index contributed by atoms with van der Waals surface area (Å²) in [6, 6.07) is 14.5. The Balaban J connectivity index is 1.46. The van der Waals surface area contributed by atoms with E-state index >= 15 is 0 Å². The summed E-state index contributed by atoms with van der Waals surface area (Å²) in [6.07, 6.45) is 2.80. The van der Waals surface area contributed by atoms with Crippen molar-refractivity contribution in [2.24, 2.45) is 0 Å². The average Bonchev–Trinajstić information content (AvgIpc) is 3.58. The molecule has 1 fully saturated rings. The molecule has 1 heterocycles. The number of nitrogens with one attached hydrogen (secondary N) is 2. The number of benzene rings is 2. The van der Waals surface area contributed by atoms with Crippen LogP contribution >= 0.6 is 0 Å². The summed E-state index contributed by atoms with van der Waals surface area (Å²) >= 11 is 0. The molecule has 2 aromatic carbocycles. The molecule has 0 spiro atoms. The van der Waals surface area contributed by atoms with Crippen LogP contribution < -0.4 is 14.8 Å². The van der Waals surface area contributed by atoms with E-state index in [9.17, 15) is 23.3 Å². The zero-order valence-electron chi connectivity index (χ0n) is 18.6. The maximum absolute atomic E-state index is 12.6. The second kappa shape index (κ2) is 9.96. The summed E-state index contributed by atoms with van der Waals surface area (Å²) in [7, 11) is -2.58. The van der Waals surface area contributed by atoms with Gasteiger partial charge in [-0.25, -0.2) is 22.6 Å². The number of hydrogen-bond donors (Lipinski definition) is 2. The molecular weight excluding hydrogens is 474 g/mol. The van der Waals surface area contributed by atoms with Crippen LogP contribution in [0.15, 0.2) is 59.6 Å². The van der Waals surface area contributed by atoms with Crippen molar-refractivity contribution in [3.63, 3.8) is 0 Å². The number of carbonyl (C=O) groups excluding carboxylic acids is 2. The van der Waals surface area contributed by atoms with Gasteiger partial charge in [-0.15, -0.1) is 0 Å². The van der Waals surface area contributed by atoms with E-state index in [2.05, 4.69) is 15.1 Å². The third-order valence-electron chi connectivity index (χ3n) is 5.07. The van der Waals surface area contributed by atoms with Crippen molar-refractivity contribution < 1.29 is 27.5 Å². The van der Waals surface area contributed by atoms with E-state index in [0.717, 1.165) is 18.9 Å². The number of esters is 1. The molecule has 0 aliphatic heterocycles. The highest BCUT2D eigenvalue weighted by Crippen LogP contribution is 2.28. The fourth-order valence-corrected chi connectivity index (χ4v) is 4.70. The van der Waals surface area contributed by atoms with Crippen LogP contribution in [-0.4, -0.2) is 49.8 Å². The molecule has 12 heteroatoms. The van der Waals surface area contributed by atoms with Gasteiger partial charge in [0, 0.05) is 6.04 Å². The lowest BCUT2D eigenvalue weighted by Gasteiger charge is -2.12. The van der Waals surface area contributed by atoms with Crippen molar-refractivity contribution in [2.75, 3.05) is 19.0 Å². The number of rotatable bonds is 9. The van der Waals surface area contributed by atoms with Gasteiger partial charge >= 0.3 is 5.97 Å². The van der Waals surface area contributed by atoms with Crippen LogP contribution in [0.4, 0.5) is 5.82 Å². The Morgan fingerprint density at radius 3 is 2.60 bits per heavy atom. The standard InChI is InChI=1S/C23H21N5O6S/c1-33-19-10-7-15(11-20(19)35(31,32)27-17-8-9-17)23(30)34-14-21(29)26-22-16(12-24)13-25-28(22)18-5-3-2-4-6-18/h2-7,10-11,13,17,27H,8-9,14H2,1H3,(H,26,29). The predicted octanol–water partition coefficient (Wildman–Crippen LogP) is 1.99. The first-order chi connectivity index (χ1) is 16.8. The number of hydrogen-bond acceptors (Lipinski definition) is 8. The van der Waals surface area contributed by atoms with E-state index in [1.165, 1.54) is 30.1 Å². The van der Waals surface area contributed by atoms with Gasteiger partial charge in [0.25, 0.3) is 5.91 Å². The number of aromatic nitrogens is 2. The van der Waals surface area contributed by atoms with Crippen LogP contribution in [0.3, 0.4) is 0 Å². The Bertz CT molecular complexity index is 1410. The van der Waals surface area contributed by atoms with E-state index in [-0.39, 0.29) is 33.6 Å². The van der Waals surface area contributed by atoms with Gasteiger partial charge in [-0.05, 0) is 43.2 Å². The number of nitrogens with zero attached hydrogens (tertiary/aromatic N) is 3. The van der Waals surface area contributed by atoms with E-state index in [0.29, 0.717) is 5.69 Å². The predicted molar refractivity (Wildman–Crippen MR) is 124 cm³/mol. The fourth-order valence-electron chi connectivity index (χ4n) is 3.20. The van der Waals surface area contributed by atoms with Crippen LogP contribution in [0, 0.1) is 11.3 Å². The number of anilines is 1. The number of sulfonamides is 1. The molecule has 0 radical (unpaired) electrons. The Morgan fingerprint density at radius 2 is 1.94 bits per heavy atom. The van der Waals surface area contributed by atoms with Crippen LogP contribution in [0.2, 0.25) is 0 Å². The Hall–Kier alpha value is -4.21. The summed E-state index contributed by atoms with van der Waals surface area (Å²) < 4.78 is 39.4. The highest BCUT2D eigenvalue weighted by Gasteiger charge is 2.30. The maximum Gasteiger partial charge on any atom is 0.338 e. The lowest BCUT2D eigenvalue weighted by molar-refractivity contribution is -0.119. The molecule has 3 aromatic rings. The zero-order valence-corrected chi connectivity index (χ0v) is 19.4. The van der Waals surface area contributed by atoms with Crippen molar-refractivity contribution in [1.82, 2.24) is 14.5 Å². The summed E-state index contributed by atoms with van der Waals surface area (Å²) in [6.45, 7) is -0.669. The smallest absolute Gasteiger partial charge is 0.338 e. The van der Waals surface area contributed by atoms with Crippen LogP contribution in [0.1, 0.15) is 28.8 Å². The third-order valence-corrected chi connectivity index (χ3v) is 6.61. The quantitative estimate of drug-likeness (QED) is 0.428.